The molecule has 1 amide bonds. The molecule has 1 N–H and O–H groups in total. The van der Waals surface area contributed by atoms with E-state index in [1.807, 2.05) is 6.07 Å². The standard InChI is InChI=1S/C22H18Cl2FN3O2/c23-17-2-1-7-26-21(17)16-5-3-14(12-19(16)25)22(29)27-15-4-6-20(18(24)13-15)28-8-10-30-11-9-28/h1-7,12-13H,8-11H2,(H,27,29). The largest absolute Gasteiger partial charge is 0.378 e. The number of hydrogen-bond acceptors (Lipinski definition) is 4. The van der Waals surface area contributed by atoms with Crippen molar-refractivity contribution in [2.75, 3.05) is 36.5 Å². The highest BCUT2D eigenvalue weighted by molar-refractivity contribution is 6.33. The number of nitrogens with one attached hydrogen (secondary N) is 1. The summed E-state index contributed by atoms with van der Waals surface area (Å²) in [5.41, 5.74) is 2.15. The average Bonchev–Trinajstić information content (AvgIpc) is 2.75. The lowest BCUT2D eigenvalue weighted by molar-refractivity contribution is 0.102. The second kappa shape index (κ2) is 9.00. The molecule has 1 aliphatic heterocycles. The first-order valence-corrected chi connectivity index (χ1v) is 10.1. The van der Waals surface area contributed by atoms with E-state index >= 15 is 0 Å². The van der Waals surface area contributed by atoms with Crippen LogP contribution in [-0.2, 0) is 4.74 Å². The molecule has 0 saturated carbocycles. The SMILES string of the molecule is O=C(Nc1ccc(N2CCOCC2)c(Cl)c1)c1ccc(-c2ncccc2Cl)c(F)c1. The average molecular weight is 446 g/mol. The fraction of sp³-hybridized carbons (Fsp3) is 0.182. The van der Waals surface area contributed by atoms with Crippen LogP contribution in [0.25, 0.3) is 11.3 Å². The second-order valence-corrected chi connectivity index (χ2v) is 7.56. The number of benzene rings is 2. The summed E-state index contributed by atoms with van der Waals surface area (Å²) in [6.07, 6.45) is 1.53. The number of pyridine rings is 1. The first-order valence-electron chi connectivity index (χ1n) is 9.37. The molecule has 2 aromatic carbocycles. The molecule has 8 heteroatoms. The maximum Gasteiger partial charge on any atom is 0.255 e. The lowest BCUT2D eigenvalue weighted by Gasteiger charge is -2.29. The fourth-order valence-corrected chi connectivity index (χ4v) is 3.80. The van der Waals surface area contributed by atoms with Gasteiger partial charge >= 0.3 is 0 Å². The van der Waals surface area contributed by atoms with Crippen molar-refractivity contribution in [3.8, 4) is 11.3 Å². The molecule has 0 aliphatic carbocycles. The quantitative estimate of drug-likeness (QED) is 0.593. The Balaban J connectivity index is 1.51. The molecule has 154 valence electrons. The van der Waals surface area contributed by atoms with Crippen molar-refractivity contribution in [3.05, 3.63) is 76.2 Å². The number of ether oxygens (including phenoxy) is 1. The van der Waals surface area contributed by atoms with Crippen molar-refractivity contribution >= 4 is 40.5 Å². The Labute approximate surface area is 183 Å². The molecule has 1 aliphatic rings. The van der Waals surface area contributed by atoms with E-state index < -0.39 is 11.7 Å². The Kier molecular flexibility index (Phi) is 6.18. The number of morpholine rings is 1. The molecule has 0 unspecified atom stereocenters. The summed E-state index contributed by atoms with van der Waals surface area (Å²) in [4.78, 5) is 18.8. The van der Waals surface area contributed by atoms with Crippen LogP contribution in [0.5, 0.6) is 0 Å². The molecule has 0 radical (unpaired) electrons. The highest BCUT2D eigenvalue weighted by Crippen LogP contribution is 2.31. The maximum absolute atomic E-state index is 14.6. The summed E-state index contributed by atoms with van der Waals surface area (Å²) < 4.78 is 20.0. The summed E-state index contributed by atoms with van der Waals surface area (Å²) in [5.74, 6) is -1.02. The summed E-state index contributed by atoms with van der Waals surface area (Å²) >= 11 is 12.5. The summed E-state index contributed by atoms with van der Waals surface area (Å²) in [5, 5.41) is 3.62. The summed E-state index contributed by atoms with van der Waals surface area (Å²) in [6.45, 7) is 2.83. The van der Waals surface area contributed by atoms with E-state index in [2.05, 4.69) is 15.2 Å². The Morgan fingerprint density at radius 1 is 1.07 bits per heavy atom. The second-order valence-electron chi connectivity index (χ2n) is 6.75. The summed E-state index contributed by atoms with van der Waals surface area (Å²) in [6, 6.07) is 12.8. The van der Waals surface area contributed by atoms with Gasteiger partial charge in [0.25, 0.3) is 5.91 Å². The Morgan fingerprint density at radius 3 is 2.57 bits per heavy atom. The smallest absolute Gasteiger partial charge is 0.255 e. The van der Waals surface area contributed by atoms with Gasteiger partial charge in [-0.15, -0.1) is 0 Å². The first kappa shape index (κ1) is 20.6. The van der Waals surface area contributed by atoms with Crippen LogP contribution in [0.4, 0.5) is 15.8 Å². The van der Waals surface area contributed by atoms with Gasteiger partial charge < -0.3 is 15.0 Å². The van der Waals surface area contributed by atoms with Crippen LogP contribution in [0.15, 0.2) is 54.7 Å². The molecule has 0 spiro atoms. The third-order valence-corrected chi connectivity index (χ3v) is 5.41. The Hall–Kier alpha value is -2.67. The van der Waals surface area contributed by atoms with Gasteiger partial charge in [-0.3, -0.25) is 9.78 Å². The van der Waals surface area contributed by atoms with Gasteiger partial charge in [-0.05, 0) is 48.5 Å². The number of anilines is 2. The molecule has 5 nitrogen and oxygen atoms in total. The number of nitrogens with zero attached hydrogens (tertiary/aromatic N) is 2. The third kappa shape index (κ3) is 4.41. The van der Waals surface area contributed by atoms with E-state index in [0.29, 0.717) is 34.6 Å². The molecule has 0 bridgehead atoms. The minimum absolute atomic E-state index is 0.177. The predicted molar refractivity (Wildman–Crippen MR) is 117 cm³/mol. The Morgan fingerprint density at radius 2 is 1.87 bits per heavy atom. The highest BCUT2D eigenvalue weighted by Gasteiger charge is 2.17. The normalized spacial score (nSPS) is 13.9. The van der Waals surface area contributed by atoms with Crippen LogP contribution in [0.3, 0.4) is 0 Å². The van der Waals surface area contributed by atoms with Crippen LogP contribution in [0.2, 0.25) is 10.0 Å². The van der Waals surface area contributed by atoms with E-state index in [-0.39, 0.29) is 11.1 Å². The number of rotatable bonds is 4. The van der Waals surface area contributed by atoms with Crippen molar-refractivity contribution in [2.24, 2.45) is 0 Å². The zero-order chi connectivity index (χ0) is 21.1. The molecule has 1 aromatic heterocycles. The van der Waals surface area contributed by atoms with Gasteiger partial charge in [0.2, 0.25) is 0 Å². The molecule has 1 fully saturated rings. The fourth-order valence-electron chi connectivity index (χ4n) is 3.28. The van der Waals surface area contributed by atoms with Crippen molar-refractivity contribution in [2.45, 2.75) is 0 Å². The predicted octanol–water partition coefficient (Wildman–Crippen LogP) is 5.28. The van der Waals surface area contributed by atoms with Crippen LogP contribution >= 0.6 is 23.2 Å². The highest BCUT2D eigenvalue weighted by atomic mass is 35.5. The summed E-state index contributed by atoms with van der Waals surface area (Å²) in [7, 11) is 0. The molecule has 3 aromatic rings. The molecule has 0 atom stereocenters. The molecule has 30 heavy (non-hydrogen) atoms. The number of amides is 1. The molecule has 2 heterocycles. The first-order chi connectivity index (χ1) is 14.5. The lowest BCUT2D eigenvalue weighted by Crippen LogP contribution is -2.36. The van der Waals surface area contributed by atoms with Crippen molar-refractivity contribution in [3.63, 3.8) is 0 Å². The number of halogens is 3. The van der Waals surface area contributed by atoms with Crippen LogP contribution < -0.4 is 10.2 Å². The molecular weight excluding hydrogens is 428 g/mol. The number of carbonyl (C=O) groups excluding carboxylic acids is 1. The van der Waals surface area contributed by atoms with Crippen molar-refractivity contribution < 1.29 is 13.9 Å². The van der Waals surface area contributed by atoms with E-state index in [4.69, 9.17) is 27.9 Å². The molecular formula is C22H18Cl2FN3O2. The van der Waals surface area contributed by atoms with E-state index in [1.54, 1.807) is 24.3 Å². The number of hydrogen-bond donors (Lipinski definition) is 1. The Bertz CT molecular complexity index is 1090. The van der Waals surface area contributed by atoms with Gasteiger partial charge in [-0.2, -0.15) is 0 Å². The van der Waals surface area contributed by atoms with Crippen LogP contribution in [-0.4, -0.2) is 37.2 Å². The van der Waals surface area contributed by atoms with E-state index in [1.165, 1.54) is 24.4 Å². The minimum atomic E-state index is -0.580. The lowest BCUT2D eigenvalue weighted by atomic mass is 10.1. The van der Waals surface area contributed by atoms with Gasteiger partial charge in [0.1, 0.15) is 5.82 Å². The number of carbonyl (C=O) groups is 1. The van der Waals surface area contributed by atoms with Gasteiger partial charge in [0.15, 0.2) is 0 Å². The number of aromatic nitrogens is 1. The van der Waals surface area contributed by atoms with Crippen LogP contribution in [0.1, 0.15) is 10.4 Å². The maximum atomic E-state index is 14.6. The third-order valence-electron chi connectivity index (χ3n) is 4.80. The topological polar surface area (TPSA) is 54.5 Å². The zero-order valence-electron chi connectivity index (χ0n) is 15.9. The zero-order valence-corrected chi connectivity index (χ0v) is 17.4. The van der Waals surface area contributed by atoms with Gasteiger partial charge in [-0.1, -0.05) is 23.2 Å². The van der Waals surface area contributed by atoms with Gasteiger partial charge in [-0.25, -0.2) is 4.39 Å². The minimum Gasteiger partial charge on any atom is -0.378 e. The van der Waals surface area contributed by atoms with Gasteiger partial charge in [0, 0.05) is 36.1 Å². The monoisotopic (exact) mass is 445 g/mol. The molecule has 1 saturated heterocycles. The van der Waals surface area contributed by atoms with E-state index in [9.17, 15) is 9.18 Å². The van der Waals surface area contributed by atoms with E-state index in [0.717, 1.165) is 18.8 Å². The van der Waals surface area contributed by atoms with Crippen molar-refractivity contribution in [1.29, 1.82) is 0 Å². The van der Waals surface area contributed by atoms with Gasteiger partial charge in [0.05, 0.1) is 34.6 Å². The van der Waals surface area contributed by atoms with Crippen molar-refractivity contribution in [1.82, 2.24) is 4.98 Å². The molecule has 4 rings (SSSR count). The van der Waals surface area contributed by atoms with Crippen LogP contribution in [0, 0.1) is 5.82 Å².